The third kappa shape index (κ3) is 6.93. The number of anilines is 2. The average molecular weight is 469 g/mol. The molecule has 0 saturated carbocycles. The Morgan fingerprint density at radius 3 is 2.12 bits per heavy atom. The normalized spacial score (nSPS) is 11.9. The molecule has 0 unspecified atom stereocenters. The Balaban J connectivity index is 1.68. The lowest BCUT2D eigenvalue weighted by Gasteiger charge is -2.18. The zero-order valence-corrected chi connectivity index (χ0v) is 18.1. The number of halogens is 3. The first kappa shape index (κ1) is 24.5. The molecule has 0 bridgehead atoms. The zero-order chi connectivity index (χ0) is 24.7. The van der Waals surface area contributed by atoms with Crippen molar-refractivity contribution in [2.45, 2.75) is 25.6 Å². The first-order valence-corrected chi connectivity index (χ1v) is 10.3. The fourth-order valence-electron chi connectivity index (χ4n) is 3.30. The van der Waals surface area contributed by atoms with Crippen molar-refractivity contribution in [2.24, 2.45) is 0 Å². The van der Waals surface area contributed by atoms with Gasteiger partial charge in [0.15, 0.2) is 0 Å². The Kier molecular flexibility index (Phi) is 7.68. The van der Waals surface area contributed by atoms with E-state index in [4.69, 9.17) is 0 Å². The predicted molar refractivity (Wildman–Crippen MR) is 122 cm³/mol. The molecule has 1 atom stereocenters. The number of amides is 3. The molecule has 3 N–H and O–H groups in total. The summed E-state index contributed by atoms with van der Waals surface area (Å²) in [5, 5.41) is 7.85. The fraction of sp³-hybridized carbons (Fsp3) is 0.160. The zero-order valence-electron chi connectivity index (χ0n) is 18.1. The molecule has 3 aromatic rings. The van der Waals surface area contributed by atoms with Crippen molar-refractivity contribution in [2.75, 3.05) is 10.6 Å². The highest BCUT2D eigenvalue weighted by atomic mass is 19.4. The Hall–Kier alpha value is -4.14. The molecule has 176 valence electrons. The lowest BCUT2D eigenvalue weighted by molar-refractivity contribution is -0.137. The first-order chi connectivity index (χ1) is 16.1. The molecule has 0 fully saturated rings. The van der Waals surface area contributed by atoms with Gasteiger partial charge in [0.1, 0.15) is 0 Å². The van der Waals surface area contributed by atoms with E-state index in [1.165, 1.54) is 31.2 Å². The monoisotopic (exact) mass is 469 g/mol. The summed E-state index contributed by atoms with van der Waals surface area (Å²) in [6.07, 6.45) is -4.57. The van der Waals surface area contributed by atoms with E-state index in [2.05, 4.69) is 16.0 Å². The second-order valence-electron chi connectivity index (χ2n) is 7.53. The van der Waals surface area contributed by atoms with Crippen LogP contribution in [0.5, 0.6) is 0 Å². The van der Waals surface area contributed by atoms with Gasteiger partial charge < -0.3 is 16.0 Å². The average Bonchev–Trinajstić information content (AvgIpc) is 2.78. The molecule has 0 aliphatic carbocycles. The Morgan fingerprint density at radius 2 is 1.47 bits per heavy atom. The second-order valence-corrected chi connectivity index (χ2v) is 7.53. The van der Waals surface area contributed by atoms with Gasteiger partial charge in [-0.25, -0.2) is 0 Å². The smallest absolute Gasteiger partial charge is 0.349 e. The van der Waals surface area contributed by atoms with Crippen molar-refractivity contribution in [3.05, 3.63) is 95.6 Å². The van der Waals surface area contributed by atoms with Crippen molar-refractivity contribution >= 4 is 29.1 Å². The summed E-state index contributed by atoms with van der Waals surface area (Å²) < 4.78 is 38.7. The molecular weight excluding hydrogens is 447 g/mol. The minimum Gasteiger partial charge on any atom is -0.349 e. The van der Waals surface area contributed by atoms with Crippen LogP contribution in [0.1, 0.15) is 40.9 Å². The standard InChI is InChI=1S/C25H22F3N3O3/c1-16(32)29-22(17-7-3-2-4-8-17)15-23(33)30-20-11-5-9-18(13-20)24(34)31-21-12-6-10-19(14-21)25(26,27)28/h2-14,22H,15H2,1H3,(H,29,32)(H,30,33)(H,31,34)/t22-/m1/s1. The summed E-state index contributed by atoms with van der Waals surface area (Å²) in [5.74, 6) is -1.30. The molecule has 0 spiro atoms. The van der Waals surface area contributed by atoms with Gasteiger partial charge in [-0.3, -0.25) is 14.4 Å². The van der Waals surface area contributed by atoms with Crippen LogP contribution in [0.15, 0.2) is 78.9 Å². The lowest BCUT2D eigenvalue weighted by Crippen LogP contribution is -2.29. The van der Waals surface area contributed by atoms with Crippen molar-refractivity contribution in [3.63, 3.8) is 0 Å². The molecular formula is C25H22F3N3O3. The Labute approximate surface area is 194 Å². The number of carbonyl (C=O) groups is 3. The van der Waals surface area contributed by atoms with Crippen molar-refractivity contribution in [1.29, 1.82) is 0 Å². The van der Waals surface area contributed by atoms with Gasteiger partial charge in [0.2, 0.25) is 11.8 Å². The molecule has 0 aromatic heterocycles. The highest BCUT2D eigenvalue weighted by molar-refractivity contribution is 6.05. The largest absolute Gasteiger partial charge is 0.416 e. The quantitative estimate of drug-likeness (QED) is 0.447. The van der Waals surface area contributed by atoms with Gasteiger partial charge >= 0.3 is 6.18 Å². The van der Waals surface area contributed by atoms with Crippen molar-refractivity contribution in [1.82, 2.24) is 5.32 Å². The van der Waals surface area contributed by atoms with Crippen LogP contribution in [-0.4, -0.2) is 17.7 Å². The molecule has 3 aromatic carbocycles. The molecule has 34 heavy (non-hydrogen) atoms. The SMILES string of the molecule is CC(=O)N[C@H](CC(=O)Nc1cccc(C(=O)Nc2cccc(C(F)(F)F)c2)c1)c1ccccc1. The van der Waals surface area contributed by atoms with Crippen LogP contribution in [0.2, 0.25) is 0 Å². The number of carbonyl (C=O) groups excluding carboxylic acids is 3. The maximum Gasteiger partial charge on any atom is 0.416 e. The number of hydrogen-bond donors (Lipinski definition) is 3. The number of hydrogen-bond acceptors (Lipinski definition) is 3. The van der Waals surface area contributed by atoms with Gasteiger partial charge in [0.05, 0.1) is 18.0 Å². The van der Waals surface area contributed by atoms with E-state index >= 15 is 0 Å². The summed E-state index contributed by atoms with van der Waals surface area (Å²) in [4.78, 5) is 36.7. The van der Waals surface area contributed by atoms with Crippen LogP contribution in [0, 0.1) is 0 Å². The van der Waals surface area contributed by atoms with E-state index in [0.29, 0.717) is 5.69 Å². The molecule has 0 radical (unpaired) electrons. The molecule has 0 saturated heterocycles. The van der Waals surface area contributed by atoms with Crippen LogP contribution in [0.3, 0.4) is 0 Å². The van der Waals surface area contributed by atoms with E-state index in [1.54, 1.807) is 36.4 Å². The summed E-state index contributed by atoms with van der Waals surface area (Å²) in [6.45, 7) is 1.36. The summed E-state index contributed by atoms with van der Waals surface area (Å²) in [5.41, 5.74) is 0.365. The highest BCUT2D eigenvalue weighted by Gasteiger charge is 2.30. The van der Waals surface area contributed by atoms with E-state index < -0.39 is 29.6 Å². The number of nitrogens with one attached hydrogen (secondary N) is 3. The minimum absolute atomic E-state index is 0.00438. The second kappa shape index (κ2) is 10.7. The number of rotatable bonds is 7. The fourth-order valence-corrected chi connectivity index (χ4v) is 3.30. The van der Waals surface area contributed by atoms with Gasteiger partial charge in [0, 0.05) is 23.9 Å². The van der Waals surface area contributed by atoms with Gasteiger partial charge in [-0.15, -0.1) is 0 Å². The number of benzene rings is 3. The van der Waals surface area contributed by atoms with Crippen LogP contribution in [0.25, 0.3) is 0 Å². The van der Waals surface area contributed by atoms with Crippen LogP contribution in [0.4, 0.5) is 24.5 Å². The molecule has 6 nitrogen and oxygen atoms in total. The molecule has 9 heteroatoms. The number of alkyl halides is 3. The molecule has 3 amide bonds. The molecule has 3 rings (SSSR count). The molecule has 0 aliphatic rings. The summed E-state index contributed by atoms with van der Waals surface area (Å²) in [6, 6.07) is 18.8. The van der Waals surface area contributed by atoms with E-state index in [0.717, 1.165) is 17.7 Å². The van der Waals surface area contributed by atoms with Gasteiger partial charge in [-0.05, 0) is 42.0 Å². The molecule has 0 heterocycles. The summed E-state index contributed by atoms with van der Waals surface area (Å²) >= 11 is 0. The van der Waals surface area contributed by atoms with Crippen LogP contribution >= 0.6 is 0 Å². The van der Waals surface area contributed by atoms with Crippen LogP contribution < -0.4 is 16.0 Å². The van der Waals surface area contributed by atoms with Crippen molar-refractivity contribution < 1.29 is 27.6 Å². The summed E-state index contributed by atoms with van der Waals surface area (Å²) in [7, 11) is 0. The maximum atomic E-state index is 12.9. The first-order valence-electron chi connectivity index (χ1n) is 10.3. The minimum atomic E-state index is -4.53. The predicted octanol–water partition coefficient (Wildman–Crippen LogP) is 5.16. The third-order valence-electron chi connectivity index (χ3n) is 4.83. The van der Waals surface area contributed by atoms with Gasteiger partial charge in [-0.2, -0.15) is 13.2 Å². The highest BCUT2D eigenvalue weighted by Crippen LogP contribution is 2.30. The van der Waals surface area contributed by atoms with Crippen molar-refractivity contribution in [3.8, 4) is 0 Å². The van der Waals surface area contributed by atoms with Gasteiger partial charge in [-0.1, -0.05) is 42.5 Å². The van der Waals surface area contributed by atoms with E-state index in [1.807, 2.05) is 6.07 Å². The maximum absolute atomic E-state index is 12.9. The van der Waals surface area contributed by atoms with E-state index in [9.17, 15) is 27.6 Å². The van der Waals surface area contributed by atoms with E-state index in [-0.39, 0.29) is 23.6 Å². The third-order valence-corrected chi connectivity index (χ3v) is 4.83. The topological polar surface area (TPSA) is 87.3 Å². The van der Waals surface area contributed by atoms with Gasteiger partial charge in [0.25, 0.3) is 5.91 Å². The Morgan fingerprint density at radius 1 is 0.824 bits per heavy atom. The lowest BCUT2D eigenvalue weighted by atomic mass is 10.0. The molecule has 0 aliphatic heterocycles. The van der Waals surface area contributed by atoms with Crippen LogP contribution in [-0.2, 0) is 15.8 Å². The Bertz CT molecular complexity index is 1180.